The molecule has 36 heavy (non-hydrogen) atoms. The Labute approximate surface area is 216 Å². The monoisotopic (exact) mass is 511 g/mol. The number of rotatable bonds is 6. The number of nitrogens with zero attached hydrogens (tertiary/aromatic N) is 2. The Hall–Kier alpha value is -3.11. The summed E-state index contributed by atoms with van der Waals surface area (Å²) in [6.45, 7) is 9.30. The van der Waals surface area contributed by atoms with Crippen LogP contribution in [0.5, 0.6) is 5.75 Å². The van der Waals surface area contributed by atoms with Gasteiger partial charge in [0.05, 0.1) is 16.3 Å². The summed E-state index contributed by atoms with van der Waals surface area (Å²) < 4.78 is 21.2. The minimum Gasteiger partial charge on any atom is -0.489 e. The van der Waals surface area contributed by atoms with Crippen LogP contribution < -0.4 is 15.0 Å². The summed E-state index contributed by atoms with van der Waals surface area (Å²) in [6, 6.07) is 11.3. The molecule has 1 aliphatic carbocycles. The first kappa shape index (κ1) is 26.0. The molecule has 8 heteroatoms. The van der Waals surface area contributed by atoms with Crippen molar-refractivity contribution in [2.45, 2.75) is 52.7 Å². The summed E-state index contributed by atoms with van der Waals surface area (Å²) in [5, 5.41) is 12.5. The second-order valence-corrected chi connectivity index (χ2v) is 11.3. The molecule has 6 nitrogen and oxygen atoms in total. The quantitative estimate of drug-likeness (QED) is 0.527. The van der Waals surface area contributed by atoms with Crippen LogP contribution in [0.25, 0.3) is 0 Å². The number of halogens is 2. The molecule has 0 atom stereocenters. The molecule has 1 saturated carbocycles. The number of piperidine rings is 1. The highest BCUT2D eigenvalue weighted by atomic mass is 35.5. The van der Waals surface area contributed by atoms with E-state index in [1.54, 1.807) is 30.3 Å². The predicted molar refractivity (Wildman–Crippen MR) is 137 cm³/mol. The van der Waals surface area contributed by atoms with Crippen LogP contribution in [-0.2, 0) is 4.79 Å². The summed E-state index contributed by atoms with van der Waals surface area (Å²) in [6.07, 6.45) is 2.15. The molecule has 190 valence electrons. The third-order valence-corrected chi connectivity index (χ3v) is 8.03. The van der Waals surface area contributed by atoms with Gasteiger partial charge in [-0.2, -0.15) is 5.26 Å². The summed E-state index contributed by atoms with van der Waals surface area (Å²) in [5.74, 6) is -0.195. The molecular weight excluding hydrogens is 481 g/mol. The van der Waals surface area contributed by atoms with Crippen molar-refractivity contribution < 1.29 is 18.7 Å². The van der Waals surface area contributed by atoms with Crippen LogP contribution in [0.3, 0.4) is 0 Å². The van der Waals surface area contributed by atoms with E-state index >= 15 is 0 Å². The highest BCUT2D eigenvalue weighted by Gasteiger charge is 2.64. The zero-order chi connectivity index (χ0) is 26.3. The highest BCUT2D eigenvalue weighted by molar-refractivity contribution is 6.31. The molecular formula is C28H31ClFN3O3. The molecule has 1 aliphatic heterocycles. The van der Waals surface area contributed by atoms with E-state index in [9.17, 15) is 14.0 Å². The van der Waals surface area contributed by atoms with E-state index < -0.39 is 16.6 Å². The predicted octanol–water partition coefficient (Wildman–Crippen LogP) is 5.38. The Morgan fingerprint density at radius 1 is 1.17 bits per heavy atom. The molecule has 2 aromatic carbocycles. The van der Waals surface area contributed by atoms with Crippen molar-refractivity contribution in [3.05, 3.63) is 58.4 Å². The molecule has 0 aromatic heterocycles. The summed E-state index contributed by atoms with van der Waals surface area (Å²) in [7, 11) is 0. The molecule has 0 unspecified atom stereocenters. The zero-order valence-corrected chi connectivity index (χ0v) is 21.7. The fourth-order valence-electron chi connectivity index (χ4n) is 5.99. The average Bonchev–Trinajstić information content (AvgIpc) is 2.85. The lowest BCUT2D eigenvalue weighted by atomic mass is 9.49. The van der Waals surface area contributed by atoms with Gasteiger partial charge in [0.2, 0.25) is 0 Å². The number of aldehydes is 1. The van der Waals surface area contributed by atoms with Gasteiger partial charge in [-0.25, -0.2) is 4.39 Å². The molecule has 1 heterocycles. The Balaban J connectivity index is 1.44. The maximum atomic E-state index is 15.0. The summed E-state index contributed by atoms with van der Waals surface area (Å²) in [5.41, 5.74) is 0.260. The van der Waals surface area contributed by atoms with E-state index in [1.165, 1.54) is 6.07 Å². The Morgan fingerprint density at radius 3 is 2.39 bits per heavy atom. The van der Waals surface area contributed by atoms with Gasteiger partial charge in [0.1, 0.15) is 30.0 Å². The van der Waals surface area contributed by atoms with Crippen LogP contribution in [0.2, 0.25) is 5.02 Å². The Morgan fingerprint density at radius 2 is 1.83 bits per heavy atom. The maximum Gasteiger partial charge on any atom is 0.251 e. The van der Waals surface area contributed by atoms with Crippen LogP contribution in [0.15, 0.2) is 36.4 Å². The lowest BCUT2D eigenvalue weighted by molar-refractivity contribution is -0.164. The van der Waals surface area contributed by atoms with Gasteiger partial charge < -0.3 is 19.7 Å². The fraction of sp³-hybridized carbons (Fsp3) is 0.464. The average molecular weight is 512 g/mol. The van der Waals surface area contributed by atoms with Crippen molar-refractivity contribution in [1.29, 1.82) is 5.26 Å². The number of hydrogen-bond donors (Lipinski definition) is 1. The topological polar surface area (TPSA) is 82.4 Å². The second kappa shape index (κ2) is 9.74. The van der Waals surface area contributed by atoms with Crippen LogP contribution in [-0.4, -0.2) is 37.4 Å². The third-order valence-electron chi connectivity index (χ3n) is 7.71. The number of nitriles is 1. The number of nitrogens with one attached hydrogen (secondary N) is 1. The minimum atomic E-state index is -0.446. The van der Waals surface area contributed by atoms with Gasteiger partial charge >= 0.3 is 0 Å². The lowest BCUT2D eigenvalue weighted by Crippen LogP contribution is -2.74. The molecule has 2 aromatic rings. The van der Waals surface area contributed by atoms with E-state index in [0.717, 1.165) is 6.29 Å². The molecule has 1 saturated heterocycles. The normalized spacial score (nSPS) is 22.8. The SMILES string of the molecule is CC1(C)[C@H](NC(=O)c2ccc(N3CCC(C=O)CC3)c(F)c2)C(C)(C)[C@H]1Oc1ccc(C#N)c(Cl)c1. The van der Waals surface area contributed by atoms with Crippen LogP contribution in [0.4, 0.5) is 10.1 Å². The summed E-state index contributed by atoms with van der Waals surface area (Å²) in [4.78, 5) is 26.0. The number of benzene rings is 2. The van der Waals surface area contributed by atoms with Crippen molar-refractivity contribution >= 4 is 29.5 Å². The van der Waals surface area contributed by atoms with Gasteiger partial charge in [-0.05, 0) is 43.2 Å². The molecule has 0 radical (unpaired) electrons. The lowest BCUT2D eigenvalue weighted by Gasteiger charge is -2.63. The van der Waals surface area contributed by atoms with Crippen molar-refractivity contribution in [2.24, 2.45) is 16.7 Å². The molecule has 0 spiro atoms. The van der Waals surface area contributed by atoms with Crippen molar-refractivity contribution in [3.63, 3.8) is 0 Å². The van der Waals surface area contributed by atoms with E-state index in [1.807, 2.05) is 38.7 Å². The molecule has 4 rings (SSSR count). The van der Waals surface area contributed by atoms with Gasteiger partial charge in [0.25, 0.3) is 5.91 Å². The standard InChI is InChI=1S/C28H31ClFN3O3/c1-27(2)25(28(3,4)26(27)36-20-7-5-19(15-31)21(29)14-20)32-24(35)18-6-8-23(22(30)13-18)33-11-9-17(16-34)10-12-33/h5-8,13-14,16-17,25-26H,9-12H2,1-4H3,(H,32,35)/t25-,26-. The van der Waals surface area contributed by atoms with Gasteiger partial charge in [-0.3, -0.25) is 4.79 Å². The Bertz CT molecular complexity index is 1200. The zero-order valence-electron chi connectivity index (χ0n) is 21.0. The van der Waals surface area contributed by atoms with Crippen LogP contribution >= 0.6 is 11.6 Å². The smallest absolute Gasteiger partial charge is 0.251 e. The third kappa shape index (κ3) is 4.67. The minimum absolute atomic E-state index is 0.0326. The molecule has 2 aliphatic rings. The number of ether oxygens (including phenoxy) is 1. The van der Waals surface area contributed by atoms with Crippen LogP contribution in [0.1, 0.15) is 56.5 Å². The first-order valence-corrected chi connectivity index (χ1v) is 12.5. The molecule has 1 amide bonds. The van der Waals surface area contributed by atoms with E-state index in [2.05, 4.69) is 5.32 Å². The van der Waals surface area contributed by atoms with E-state index in [-0.39, 0.29) is 29.5 Å². The maximum absolute atomic E-state index is 15.0. The molecule has 0 bridgehead atoms. The number of anilines is 1. The Kier molecular flexibility index (Phi) is 7.03. The molecule has 1 N–H and O–H groups in total. The van der Waals surface area contributed by atoms with Crippen LogP contribution in [0, 0.1) is 33.9 Å². The van der Waals surface area contributed by atoms with Crippen molar-refractivity contribution in [2.75, 3.05) is 18.0 Å². The largest absolute Gasteiger partial charge is 0.489 e. The fourth-order valence-corrected chi connectivity index (χ4v) is 6.20. The number of amides is 1. The van der Waals surface area contributed by atoms with E-state index in [0.29, 0.717) is 48.0 Å². The molecule has 2 fully saturated rings. The van der Waals surface area contributed by atoms with Gasteiger partial charge in [-0.15, -0.1) is 0 Å². The van der Waals surface area contributed by atoms with Crippen molar-refractivity contribution in [3.8, 4) is 11.8 Å². The number of carbonyl (C=O) groups is 2. The second-order valence-electron chi connectivity index (χ2n) is 10.9. The number of carbonyl (C=O) groups excluding carboxylic acids is 2. The van der Waals surface area contributed by atoms with E-state index in [4.69, 9.17) is 21.6 Å². The van der Waals surface area contributed by atoms with Gasteiger partial charge in [-0.1, -0.05) is 39.3 Å². The van der Waals surface area contributed by atoms with Gasteiger partial charge in [0.15, 0.2) is 0 Å². The van der Waals surface area contributed by atoms with Gasteiger partial charge in [0, 0.05) is 47.5 Å². The first-order chi connectivity index (χ1) is 17.0. The highest BCUT2D eigenvalue weighted by Crippen LogP contribution is 2.55. The number of hydrogen-bond acceptors (Lipinski definition) is 5. The summed E-state index contributed by atoms with van der Waals surface area (Å²) >= 11 is 6.16. The van der Waals surface area contributed by atoms with Crippen molar-refractivity contribution in [1.82, 2.24) is 5.32 Å². The first-order valence-electron chi connectivity index (χ1n) is 12.2.